The van der Waals surface area contributed by atoms with Gasteiger partial charge in [0.05, 0.1) is 0 Å². The minimum atomic E-state index is -0.519. The molecule has 0 atom stereocenters. The van der Waals surface area contributed by atoms with Gasteiger partial charge < -0.3 is 10.3 Å². The fraction of sp³-hybridized carbons (Fsp3) is 0.231. The van der Waals surface area contributed by atoms with E-state index in [1.807, 2.05) is 18.2 Å². The highest BCUT2D eigenvalue weighted by Gasteiger charge is 2.24. The molecule has 1 aromatic heterocycles. The van der Waals surface area contributed by atoms with Crippen LogP contribution in [0.4, 0.5) is 0 Å². The molecular weight excluding hydrogens is 216 g/mol. The van der Waals surface area contributed by atoms with E-state index in [1.165, 1.54) is 5.56 Å². The van der Waals surface area contributed by atoms with Crippen LogP contribution in [0, 0.1) is 0 Å². The first-order valence-corrected chi connectivity index (χ1v) is 5.64. The molecule has 0 saturated carbocycles. The van der Waals surface area contributed by atoms with Crippen LogP contribution in [0.3, 0.4) is 0 Å². The van der Waals surface area contributed by atoms with Crippen molar-refractivity contribution in [2.75, 3.05) is 0 Å². The van der Waals surface area contributed by atoms with Crippen LogP contribution in [-0.2, 0) is 12.8 Å². The van der Waals surface area contributed by atoms with E-state index in [0.29, 0.717) is 5.76 Å². The van der Waals surface area contributed by atoms with Crippen LogP contribution in [-0.4, -0.2) is 11.1 Å². The SMILES string of the molecule is NC(=O)c1noc2c1CCCc1ccccc1-2. The van der Waals surface area contributed by atoms with E-state index in [0.717, 1.165) is 30.4 Å². The van der Waals surface area contributed by atoms with E-state index in [4.69, 9.17) is 10.3 Å². The van der Waals surface area contributed by atoms with Gasteiger partial charge >= 0.3 is 0 Å². The molecule has 4 heteroatoms. The standard InChI is InChI=1S/C13H12N2O2/c14-13(16)11-10-7-3-5-8-4-1-2-6-9(8)12(10)17-15-11/h1-2,4,6H,3,5,7H2,(H2,14,16). The summed E-state index contributed by atoms with van der Waals surface area (Å²) in [6, 6.07) is 8.04. The largest absolute Gasteiger partial charge is 0.364 e. The lowest BCUT2D eigenvalue weighted by molar-refractivity contribution is 0.0991. The average Bonchev–Trinajstić information content (AvgIpc) is 2.66. The second-order valence-electron chi connectivity index (χ2n) is 4.21. The third kappa shape index (κ3) is 1.53. The maximum absolute atomic E-state index is 11.3. The van der Waals surface area contributed by atoms with Gasteiger partial charge in [-0.25, -0.2) is 0 Å². The van der Waals surface area contributed by atoms with Gasteiger partial charge in [0.25, 0.3) is 5.91 Å². The van der Waals surface area contributed by atoms with Crippen LogP contribution >= 0.6 is 0 Å². The lowest BCUT2D eigenvalue weighted by Gasteiger charge is -2.02. The van der Waals surface area contributed by atoms with Crippen LogP contribution in [0.25, 0.3) is 11.3 Å². The Bertz CT molecular complexity index is 587. The Hall–Kier alpha value is -2.10. The van der Waals surface area contributed by atoms with Crippen molar-refractivity contribution >= 4 is 5.91 Å². The molecule has 1 aliphatic carbocycles. The number of rotatable bonds is 1. The van der Waals surface area contributed by atoms with Crippen molar-refractivity contribution in [2.45, 2.75) is 19.3 Å². The number of benzene rings is 1. The molecule has 0 spiro atoms. The molecule has 2 N–H and O–H groups in total. The zero-order valence-electron chi connectivity index (χ0n) is 9.27. The first-order chi connectivity index (χ1) is 8.27. The summed E-state index contributed by atoms with van der Waals surface area (Å²) in [5.74, 6) is 0.182. The predicted molar refractivity (Wildman–Crippen MR) is 62.5 cm³/mol. The molecule has 1 amide bonds. The third-order valence-corrected chi connectivity index (χ3v) is 3.16. The number of hydrogen-bond donors (Lipinski definition) is 1. The summed E-state index contributed by atoms with van der Waals surface area (Å²) in [7, 11) is 0. The Kier molecular flexibility index (Phi) is 2.21. The fourth-order valence-corrected chi connectivity index (χ4v) is 2.36. The molecule has 17 heavy (non-hydrogen) atoms. The molecule has 4 nitrogen and oxygen atoms in total. The zero-order valence-corrected chi connectivity index (χ0v) is 9.27. The molecule has 1 aliphatic rings. The molecule has 2 aromatic rings. The summed E-state index contributed by atoms with van der Waals surface area (Å²) in [6.45, 7) is 0. The lowest BCUT2D eigenvalue weighted by Crippen LogP contribution is -2.13. The van der Waals surface area contributed by atoms with Gasteiger partial charge in [0, 0.05) is 11.1 Å². The molecular formula is C13H12N2O2. The maximum Gasteiger partial charge on any atom is 0.271 e. The second-order valence-corrected chi connectivity index (χ2v) is 4.21. The molecule has 0 bridgehead atoms. The van der Waals surface area contributed by atoms with E-state index in [-0.39, 0.29) is 5.69 Å². The van der Waals surface area contributed by atoms with E-state index in [9.17, 15) is 4.79 Å². The Morgan fingerprint density at radius 2 is 2.12 bits per heavy atom. The van der Waals surface area contributed by atoms with Gasteiger partial charge in [0.2, 0.25) is 0 Å². The average molecular weight is 228 g/mol. The van der Waals surface area contributed by atoms with E-state index < -0.39 is 5.91 Å². The molecule has 0 unspecified atom stereocenters. The number of aromatic nitrogens is 1. The number of primary amides is 1. The van der Waals surface area contributed by atoms with Crippen molar-refractivity contribution in [1.82, 2.24) is 5.16 Å². The second kappa shape index (κ2) is 3.73. The van der Waals surface area contributed by atoms with Gasteiger partial charge in [-0.15, -0.1) is 0 Å². The minimum absolute atomic E-state index is 0.275. The van der Waals surface area contributed by atoms with E-state index in [2.05, 4.69) is 11.2 Å². The fourth-order valence-electron chi connectivity index (χ4n) is 2.36. The van der Waals surface area contributed by atoms with Gasteiger partial charge in [-0.1, -0.05) is 29.4 Å². The molecule has 86 valence electrons. The predicted octanol–water partition coefficient (Wildman–Crippen LogP) is 1.93. The smallest absolute Gasteiger partial charge is 0.271 e. The number of hydrogen-bond acceptors (Lipinski definition) is 3. The number of aryl methyl sites for hydroxylation is 1. The highest BCUT2D eigenvalue weighted by molar-refractivity contribution is 5.94. The van der Waals surface area contributed by atoms with Crippen molar-refractivity contribution in [2.24, 2.45) is 5.73 Å². The van der Waals surface area contributed by atoms with Gasteiger partial charge in [-0.05, 0) is 24.8 Å². The number of nitrogens with two attached hydrogens (primary N) is 1. The molecule has 1 heterocycles. The molecule has 3 rings (SSSR count). The van der Waals surface area contributed by atoms with Gasteiger partial charge in [-0.3, -0.25) is 4.79 Å². The Morgan fingerprint density at radius 3 is 2.94 bits per heavy atom. The van der Waals surface area contributed by atoms with Crippen molar-refractivity contribution in [3.63, 3.8) is 0 Å². The Morgan fingerprint density at radius 1 is 1.29 bits per heavy atom. The Balaban J connectivity index is 2.24. The number of amides is 1. The number of carbonyl (C=O) groups is 1. The summed E-state index contributed by atoms with van der Waals surface area (Å²) >= 11 is 0. The summed E-state index contributed by atoms with van der Waals surface area (Å²) in [4.78, 5) is 11.3. The van der Waals surface area contributed by atoms with Crippen LogP contribution < -0.4 is 5.73 Å². The first-order valence-electron chi connectivity index (χ1n) is 5.64. The van der Waals surface area contributed by atoms with Crippen LogP contribution in [0.2, 0.25) is 0 Å². The summed E-state index contributed by atoms with van der Waals surface area (Å²) in [6.07, 6.45) is 2.75. The maximum atomic E-state index is 11.3. The van der Waals surface area contributed by atoms with Crippen molar-refractivity contribution < 1.29 is 9.32 Å². The van der Waals surface area contributed by atoms with E-state index in [1.54, 1.807) is 0 Å². The van der Waals surface area contributed by atoms with Gasteiger partial charge in [-0.2, -0.15) is 0 Å². The van der Waals surface area contributed by atoms with E-state index >= 15 is 0 Å². The number of nitrogens with zero attached hydrogens (tertiary/aromatic N) is 1. The van der Waals surface area contributed by atoms with Crippen molar-refractivity contribution in [3.8, 4) is 11.3 Å². The van der Waals surface area contributed by atoms with Crippen LogP contribution in [0.5, 0.6) is 0 Å². The van der Waals surface area contributed by atoms with Crippen LogP contribution in [0.15, 0.2) is 28.8 Å². The van der Waals surface area contributed by atoms with Crippen molar-refractivity contribution in [3.05, 3.63) is 41.1 Å². The highest BCUT2D eigenvalue weighted by Crippen LogP contribution is 2.33. The quantitative estimate of drug-likeness (QED) is 0.810. The number of carbonyl (C=O) groups excluding carboxylic acids is 1. The first kappa shape index (κ1) is 10.1. The lowest BCUT2D eigenvalue weighted by atomic mass is 10.0. The van der Waals surface area contributed by atoms with Crippen LogP contribution in [0.1, 0.15) is 28.0 Å². The Labute approximate surface area is 98.4 Å². The molecule has 0 aliphatic heterocycles. The topological polar surface area (TPSA) is 69.1 Å². The third-order valence-electron chi connectivity index (χ3n) is 3.16. The van der Waals surface area contributed by atoms with Gasteiger partial charge in [0.15, 0.2) is 11.5 Å². The summed E-state index contributed by atoms with van der Waals surface area (Å²) in [5, 5.41) is 3.79. The normalized spacial score (nSPS) is 13.6. The van der Waals surface area contributed by atoms with Gasteiger partial charge in [0.1, 0.15) is 0 Å². The molecule has 1 aromatic carbocycles. The monoisotopic (exact) mass is 228 g/mol. The summed E-state index contributed by atoms with van der Waals surface area (Å²) in [5.41, 5.74) is 8.68. The number of fused-ring (bicyclic) bond motifs is 3. The highest BCUT2D eigenvalue weighted by atomic mass is 16.5. The zero-order chi connectivity index (χ0) is 11.8. The minimum Gasteiger partial charge on any atom is -0.364 e. The molecule has 0 saturated heterocycles. The molecule has 0 radical (unpaired) electrons. The molecule has 0 fully saturated rings. The van der Waals surface area contributed by atoms with Crippen molar-refractivity contribution in [1.29, 1.82) is 0 Å². The summed E-state index contributed by atoms with van der Waals surface area (Å²) < 4.78 is 5.30.